The van der Waals surface area contributed by atoms with Crippen molar-refractivity contribution in [3.63, 3.8) is 0 Å². The topological polar surface area (TPSA) is 65.0 Å². The predicted molar refractivity (Wildman–Crippen MR) is 58.2 cm³/mol. The lowest BCUT2D eigenvalue weighted by Gasteiger charge is -2.10. The third-order valence-electron chi connectivity index (χ3n) is 2.18. The Hall–Kier alpha value is -1.43. The molecule has 0 aliphatic carbocycles. The van der Waals surface area contributed by atoms with E-state index in [4.69, 9.17) is 19.3 Å². The molecule has 0 saturated carbocycles. The van der Waals surface area contributed by atoms with Gasteiger partial charge in [-0.25, -0.2) is 0 Å². The molecule has 1 N–H and O–H groups in total. The van der Waals surface area contributed by atoms with Crippen LogP contribution in [0.5, 0.6) is 17.2 Å². The van der Waals surface area contributed by atoms with Crippen LogP contribution < -0.4 is 14.2 Å². The molecule has 6 heteroatoms. The minimum atomic E-state index is -0.927. The predicted octanol–water partition coefficient (Wildman–Crippen LogP) is 1.81. The second kappa shape index (κ2) is 4.21. The van der Waals surface area contributed by atoms with Crippen LogP contribution in [-0.2, 0) is 11.2 Å². The first-order valence-corrected chi connectivity index (χ1v) is 5.29. The van der Waals surface area contributed by atoms with E-state index in [1.54, 1.807) is 6.07 Å². The summed E-state index contributed by atoms with van der Waals surface area (Å²) < 4.78 is 16.2. The quantitative estimate of drug-likeness (QED) is 0.919. The minimum absolute atomic E-state index is 0.127. The van der Waals surface area contributed by atoms with Gasteiger partial charge in [0, 0.05) is 5.56 Å². The first kappa shape index (κ1) is 11.1. The highest BCUT2D eigenvalue weighted by Gasteiger charge is 2.24. The van der Waals surface area contributed by atoms with Crippen molar-refractivity contribution >= 4 is 21.9 Å². The number of rotatable bonds is 3. The van der Waals surface area contributed by atoms with Gasteiger partial charge < -0.3 is 19.3 Å². The molecule has 0 aromatic heterocycles. The third-order valence-corrected chi connectivity index (χ3v) is 2.90. The summed E-state index contributed by atoms with van der Waals surface area (Å²) in [7, 11) is 1.48. The molecule has 2 rings (SSSR count). The Labute approximate surface area is 100 Å². The number of carboxylic acid groups (broad SMARTS) is 1. The molecule has 0 unspecified atom stereocenters. The van der Waals surface area contributed by atoms with Crippen LogP contribution in [0.2, 0.25) is 0 Å². The fourth-order valence-electron chi connectivity index (χ4n) is 1.55. The van der Waals surface area contributed by atoms with Crippen molar-refractivity contribution in [1.29, 1.82) is 0 Å². The molecule has 0 spiro atoms. The standard InChI is InChI=1S/C10H9BrO5/c1-14-9-5(3-7(12)13)2-6-10(8(9)11)16-4-15-6/h2H,3-4H2,1H3,(H,12,13). The van der Waals surface area contributed by atoms with Crippen molar-refractivity contribution < 1.29 is 24.1 Å². The molecule has 0 saturated heterocycles. The Balaban J connectivity index is 2.52. The molecule has 0 atom stereocenters. The van der Waals surface area contributed by atoms with Crippen molar-refractivity contribution in [3.8, 4) is 17.2 Å². The van der Waals surface area contributed by atoms with E-state index in [1.165, 1.54) is 7.11 Å². The summed E-state index contributed by atoms with van der Waals surface area (Å²) in [6.45, 7) is 0.133. The highest BCUT2D eigenvalue weighted by atomic mass is 79.9. The molecule has 86 valence electrons. The van der Waals surface area contributed by atoms with E-state index in [0.717, 1.165) is 0 Å². The zero-order valence-electron chi connectivity index (χ0n) is 8.45. The summed E-state index contributed by atoms with van der Waals surface area (Å²) in [4.78, 5) is 10.7. The number of fused-ring (bicyclic) bond motifs is 1. The van der Waals surface area contributed by atoms with Gasteiger partial charge >= 0.3 is 5.97 Å². The summed E-state index contributed by atoms with van der Waals surface area (Å²) in [5.41, 5.74) is 0.547. The summed E-state index contributed by atoms with van der Waals surface area (Å²) >= 11 is 3.31. The SMILES string of the molecule is COc1c(CC(=O)O)cc2c(c1Br)OCO2. The first-order valence-electron chi connectivity index (χ1n) is 4.50. The number of aliphatic carboxylic acids is 1. The number of hydrogen-bond acceptors (Lipinski definition) is 4. The maximum Gasteiger partial charge on any atom is 0.307 e. The minimum Gasteiger partial charge on any atom is -0.495 e. The Bertz CT molecular complexity index is 443. The molecule has 1 aromatic rings. The lowest BCUT2D eigenvalue weighted by Crippen LogP contribution is -2.03. The number of halogens is 1. The van der Waals surface area contributed by atoms with Crippen LogP contribution in [-0.4, -0.2) is 25.0 Å². The van der Waals surface area contributed by atoms with Gasteiger partial charge in [0.15, 0.2) is 11.5 Å². The monoisotopic (exact) mass is 288 g/mol. The molecule has 0 fully saturated rings. The fourth-order valence-corrected chi connectivity index (χ4v) is 2.28. The van der Waals surface area contributed by atoms with Crippen LogP contribution in [0.4, 0.5) is 0 Å². The largest absolute Gasteiger partial charge is 0.495 e. The van der Waals surface area contributed by atoms with Crippen molar-refractivity contribution in [2.24, 2.45) is 0 Å². The lowest BCUT2D eigenvalue weighted by molar-refractivity contribution is -0.136. The summed E-state index contributed by atoms with van der Waals surface area (Å²) in [6.07, 6.45) is -0.127. The van der Waals surface area contributed by atoms with Gasteiger partial charge in [0.2, 0.25) is 6.79 Å². The highest BCUT2D eigenvalue weighted by molar-refractivity contribution is 9.10. The molecule has 1 aliphatic heterocycles. The van der Waals surface area contributed by atoms with Gasteiger partial charge in [0.25, 0.3) is 0 Å². The number of hydrogen-bond donors (Lipinski definition) is 1. The number of carboxylic acids is 1. The molecule has 16 heavy (non-hydrogen) atoms. The average Bonchev–Trinajstić information content (AvgIpc) is 2.65. The second-order valence-electron chi connectivity index (χ2n) is 3.19. The van der Waals surface area contributed by atoms with E-state index in [-0.39, 0.29) is 13.2 Å². The molecule has 1 aromatic carbocycles. The summed E-state index contributed by atoms with van der Waals surface area (Å²) in [6, 6.07) is 1.63. The molecule has 0 radical (unpaired) electrons. The van der Waals surface area contributed by atoms with Gasteiger partial charge in [0.1, 0.15) is 10.2 Å². The number of methoxy groups -OCH3 is 1. The first-order chi connectivity index (χ1) is 7.63. The van der Waals surface area contributed by atoms with Gasteiger partial charge in [-0.05, 0) is 22.0 Å². The van der Waals surface area contributed by atoms with Crippen LogP contribution in [0.15, 0.2) is 10.5 Å². The molecular formula is C10H9BrO5. The summed E-state index contributed by atoms with van der Waals surface area (Å²) in [5.74, 6) is 0.616. The van der Waals surface area contributed by atoms with Crippen LogP contribution in [0.3, 0.4) is 0 Å². The molecule has 1 heterocycles. The van der Waals surface area contributed by atoms with E-state index >= 15 is 0 Å². The molecule has 1 aliphatic rings. The highest BCUT2D eigenvalue weighted by Crippen LogP contribution is 2.46. The normalized spacial score (nSPS) is 12.6. The van der Waals surface area contributed by atoms with Crippen molar-refractivity contribution in [2.45, 2.75) is 6.42 Å². The van der Waals surface area contributed by atoms with Crippen LogP contribution in [0, 0.1) is 0 Å². The number of ether oxygens (including phenoxy) is 3. The van der Waals surface area contributed by atoms with Crippen LogP contribution in [0.25, 0.3) is 0 Å². The van der Waals surface area contributed by atoms with Gasteiger partial charge in [0.05, 0.1) is 13.5 Å². The van der Waals surface area contributed by atoms with E-state index in [0.29, 0.717) is 27.3 Å². The van der Waals surface area contributed by atoms with Gasteiger partial charge in [-0.2, -0.15) is 0 Å². The average molecular weight is 289 g/mol. The van der Waals surface area contributed by atoms with Crippen LogP contribution >= 0.6 is 15.9 Å². The van der Waals surface area contributed by atoms with Crippen LogP contribution in [0.1, 0.15) is 5.56 Å². The Morgan fingerprint density at radius 1 is 1.62 bits per heavy atom. The lowest BCUT2D eigenvalue weighted by atomic mass is 10.1. The summed E-state index contributed by atoms with van der Waals surface area (Å²) in [5, 5.41) is 8.78. The second-order valence-corrected chi connectivity index (χ2v) is 3.98. The molecule has 0 amide bonds. The van der Waals surface area contributed by atoms with Gasteiger partial charge in [-0.3, -0.25) is 4.79 Å². The maximum atomic E-state index is 10.7. The number of benzene rings is 1. The number of carbonyl (C=O) groups is 1. The van der Waals surface area contributed by atoms with E-state index in [9.17, 15) is 4.79 Å². The van der Waals surface area contributed by atoms with E-state index < -0.39 is 5.97 Å². The third kappa shape index (κ3) is 1.80. The van der Waals surface area contributed by atoms with E-state index in [2.05, 4.69) is 15.9 Å². The Morgan fingerprint density at radius 2 is 2.38 bits per heavy atom. The maximum absolute atomic E-state index is 10.7. The molecule has 5 nitrogen and oxygen atoms in total. The fraction of sp³-hybridized carbons (Fsp3) is 0.300. The van der Waals surface area contributed by atoms with Crippen molar-refractivity contribution in [2.75, 3.05) is 13.9 Å². The smallest absolute Gasteiger partial charge is 0.307 e. The molecule has 0 bridgehead atoms. The Kier molecular flexibility index (Phi) is 2.91. The van der Waals surface area contributed by atoms with Crippen molar-refractivity contribution in [3.05, 3.63) is 16.1 Å². The van der Waals surface area contributed by atoms with Crippen molar-refractivity contribution in [1.82, 2.24) is 0 Å². The van der Waals surface area contributed by atoms with E-state index in [1.807, 2.05) is 0 Å². The molecular weight excluding hydrogens is 280 g/mol. The zero-order valence-corrected chi connectivity index (χ0v) is 10.0. The Morgan fingerprint density at radius 3 is 3.00 bits per heavy atom. The van der Waals surface area contributed by atoms with Gasteiger partial charge in [-0.15, -0.1) is 0 Å². The van der Waals surface area contributed by atoms with Gasteiger partial charge in [-0.1, -0.05) is 0 Å². The zero-order chi connectivity index (χ0) is 11.7.